The van der Waals surface area contributed by atoms with Gasteiger partial charge in [0.25, 0.3) is 5.91 Å². The fourth-order valence-electron chi connectivity index (χ4n) is 1.67. The van der Waals surface area contributed by atoms with Gasteiger partial charge in [-0.2, -0.15) is 0 Å². The fourth-order valence-corrected chi connectivity index (χ4v) is 2.01. The zero-order chi connectivity index (χ0) is 14.7. The van der Waals surface area contributed by atoms with Crippen LogP contribution in [-0.2, 0) is 0 Å². The van der Waals surface area contributed by atoms with Crippen molar-refractivity contribution in [3.8, 4) is 5.75 Å². The number of ether oxygens (including phenoxy) is 1. The predicted octanol–water partition coefficient (Wildman–Crippen LogP) is 2.71. The molecule has 0 bridgehead atoms. The van der Waals surface area contributed by atoms with Crippen LogP contribution in [0.3, 0.4) is 0 Å². The van der Waals surface area contributed by atoms with Gasteiger partial charge in [-0.25, -0.2) is 0 Å². The number of anilines is 1. The molecule has 0 fully saturated rings. The molecule has 1 aromatic heterocycles. The van der Waals surface area contributed by atoms with Gasteiger partial charge in [-0.3, -0.25) is 9.59 Å². The molecular weight excluding hydrogens is 324 g/mol. The second-order valence-corrected chi connectivity index (χ2v) is 5.05. The molecule has 0 spiro atoms. The van der Waals surface area contributed by atoms with Crippen LogP contribution in [0.15, 0.2) is 39.7 Å². The van der Waals surface area contributed by atoms with E-state index >= 15 is 0 Å². The minimum Gasteiger partial charge on any atom is -0.497 e. The molecule has 5 nitrogen and oxygen atoms in total. The van der Waals surface area contributed by atoms with Gasteiger partial charge in [0.05, 0.1) is 12.8 Å². The molecular formula is C14H13BrN2O3. The number of aromatic nitrogens is 1. The topological polar surface area (TPSA) is 71.2 Å². The van der Waals surface area contributed by atoms with E-state index in [1.807, 2.05) is 0 Å². The first-order valence-electron chi connectivity index (χ1n) is 5.85. The summed E-state index contributed by atoms with van der Waals surface area (Å²) >= 11 is 3.33. The molecule has 6 heteroatoms. The van der Waals surface area contributed by atoms with Crippen molar-refractivity contribution in [1.82, 2.24) is 4.98 Å². The highest BCUT2D eigenvalue weighted by atomic mass is 79.9. The van der Waals surface area contributed by atoms with Gasteiger partial charge in [0.1, 0.15) is 11.3 Å². The molecule has 1 amide bonds. The van der Waals surface area contributed by atoms with Crippen molar-refractivity contribution < 1.29 is 9.53 Å². The Morgan fingerprint density at radius 3 is 2.75 bits per heavy atom. The molecule has 2 rings (SSSR count). The quantitative estimate of drug-likeness (QED) is 0.905. The Labute approximate surface area is 124 Å². The number of aromatic amines is 1. The number of methoxy groups -OCH3 is 1. The lowest BCUT2D eigenvalue weighted by Crippen LogP contribution is -2.21. The van der Waals surface area contributed by atoms with Gasteiger partial charge in [0.15, 0.2) is 5.43 Å². The van der Waals surface area contributed by atoms with Crippen molar-refractivity contribution in [3.63, 3.8) is 0 Å². The van der Waals surface area contributed by atoms with Crippen molar-refractivity contribution in [1.29, 1.82) is 0 Å². The zero-order valence-corrected chi connectivity index (χ0v) is 12.6. The summed E-state index contributed by atoms with van der Waals surface area (Å²) in [5, 5.41) is 2.68. The van der Waals surface area contributed by atoms with Crippen LogP contribution in [0.5, 0.6) is 5.75 Å². The Morgan fingerprint density at radius 2 is 2.10 bits per heavy atom. The Balaban J connectivity index is 2.30. The Hall–Kier alpha value is -2.08. The number of amides is 1. The maximum atomic E-state index is 12.1. The number of nitrogens with one attached hydrogen (secondary N) is 2. The summed E-state index contributed by atoms with van der Waals surface area (Å²) in [7, 11) is 1.54. The lowest BCUT2D eigenvalue weighted by Gasteiger charge is -2.09. The van der Waals surface area contributed by atoms with Crippen LogP contribution in [0.4, 0.5) is 5.69 Å². The molecule has 1 aromatic carbocycles. The molecule has 2 aromatic rings. The first-order valence-corrected chi connectivity index (χ1v) is 6.65. The number of H-pyrrole nitrogens is 1. The maximum Gasteiger partial charge on any atom is 0.261 e. The summed E-state index contributed by atoms with van der Waals surface area (Å²) in [6.07, 6.45) is 1.40. The van der Waals surface area contributed by atoms with Crippen LogP contribution in [0.25, 0.3) is 0 Å². The fraction of sp³-hybridized carbons (Fsp3) is 0.143. The van der Waals surface area contributed by atoms with Crippen LogP contribution in [0.2, 0.25) is 0 Å². The Kier molecular flexibility index (Phi) is 4.24. The average molecular weight is 337 g/mol. The van der Waals surface area contributed by atoms with E-state index in [1.165, 1.54) is 12.3 Å². The normalized spacial score (nSPS) is 10.2. The van der Waals surface area contributed by atoms with Crippen molar-refractivity contribution in [2.45, 2.75) is 6.92 Å². The minimum absolute atomic E-state index is 0.0605. The first-order chi connectivity index (χ1) is 9.51. The SMILES string of the molecule is COc1ccc(Br)c(NC(=O)c2c[nH]c(C)cc2=O)c1. The summed E-state index contributed by atoms with van der Waals surface area (Å²) in [6, 6.07) is 6.58. The molecule has 2 N–H and O–H groups in total. The maximum absolute atomic E-state index is 12.1. The van der Waals surface area contributed by atoms with Crippen molar-refractivity contribution in [2.24, 2.45) is 0 Å². The number of rotatable bonds is 3. The van der Waals surface area contributed by atoms with Gasteiger partial charge >= 0.3 is 0 Å². The highest BCUT2D eigenvalue weighted by Gasteiger charge is 2.12. The van der Waals surface area contributed by atoms with Gasteiger partial charge in [-0.1, -0.05) is 0 Å². The van der Waals surface area contributed by atoms with Crippen molar-refractivity contribution in [2.75, 3.05) is 12.4 Å². The second-order valence-electron chi connectivity index (χ2n) is 4.19. The standard InChI is InChI=1S/C14H13BrN2O3/c1-8-5-13(18)10(7-16-8)14(19)17-12-6-9(20-2)3-4-11(12)15/h3-7H,1-2H3,(H,16,18)(H,17,19). The number of pyridine rings is 1. The molecule has 0 saturated carbocycles. The van der Waals surface area contributed by atoms with Gasteiger partial charge in [0, 0.05) is 28.5 Å². The van der Waals surface area contributed by atoms with E-state index in [9.17, 15) is 9.59 Å². The third kappa shape index (κ3) is 3.08. The lowest BCUT2D eigenvalue weighted by molar-refractivity contribution is 0.102. The summed E-state index contributed by atoms with van der Waals surface area (Å²) in [4.78, 5) is 26.7. The Morgan fingerprint density at radius 1 is 1.35 bits per heavy atom. The zero-order valence-electron chi connectivity index (χ0n) is 11.0. The third-order valence-corrected chi connectivity index (χ3v) is 3.42. The van der Waals surface area contributed by atoms with Gasteiger partial charge in [-0.15, -0.1) is 0 Å². The number of carbonyl (C=O) groups is 1. The molecule has 0 aliphatic rings. The highest BCUT2D eigenvalue weighted by Crippen LogP contribution is 2.27. The molecule has 0 atom stereocenters. The lowest BCUT2D eigenvalue weighted by atomic mass is 10.2. The van der Waals surface area contributed by atoms with E-state index in [4.69, 9.17) is 4.74 Å². The molecule has 0 radical (unpaired) electrons. The van der Waals surface area contributed by atoms with Crippen molar-refractivity contribution in [3.05, 3.63) is 56.4 Å². The molecule has 1 heterocycles. The van der Waals surface area contributed by atoms with E-state index < -0.39 is 5.91 Å². The predicted molar refractivity (Wildman–Crippen MR) is 80.4 cm³/mol. The minimum atomic E-state index is -0.472. The van der Waals surface area contributed by atoms with E-state index in [-0.39, 0.29) is 11.0 Å². The molecule has 104 valence electrons. The largest absolute Gasteiger partial charge is 0.497 e. The molecule has 20 heavy (non-hydrogen) atoms. The smallest absolute Gasteiger partial charge is 0.261 e. The summed E-state index contributed by atoms with van der Waals surface area (Å²) in [5.41, 5.74) is 0.978. The number of halogens is 1. The number of hydrogen-bond donors (Lipinski definition) is 2. The average Bonchev–Trinajstić information content (AvgIpc) is 2.41. The van der Waals surface area contributed by atoms with E-state index in [1.54, 1.807) is 32.2 Å². The van der Waals surface area contributed by atoms with E-state index in [2.05, 4.69) is 26.2 Å². The molecule has 0 aliphatic carbocycles. The molecule has 0 aliphatic heterocycles. The first kappa shape index (κ1) is 14.3. The van der Waals surface area contributed by atoms with Gasteiger partial charge in [-0.05, 0) is 35.0 Å². The van der Waals surface area contributed by atoms with Crippen molar-refractivity contribution >= 4 is 27.5 Å². The van der Waals surface area contributed by atoms with Crippen LogP contribution in [-0.4, -0.2) is 18.0 Å². The van der Waals surface area contributed by atoms with Crippen LogP contribution >= 0.6 is 15.9 Å². The van der Waals surface area contributed by atoms with Crippen LogP contribution in [0, 0.1) is 6.92 Å². The third-order valence-electron chi connectivity index (χ3n) is 2.72. The van der Waals surface area contributed by atoms with E-state index in [0.29, 0.717) is 21.6 Å². The summed E-state index contributed by atoms with van der Waals surface area (Å²) in [6.45, 7) is 1.75. The summed E-state index contributed by atoms with van der Waals surface area (Å²) < 4.78 is 5.80. The number of benzene rings is 1. The van der Waals surface area contributed by atoms with Crippen LogP contribution < -0.4 is 15.5 Å². The van der Waals surface area contributed by atoms with Crippen LogP contribution in [0.1, 0.15) is 16.1 Å². The second kappa shape index (κ2) is 5.92. The van der Waals surface area contributed by atoms with E-state index in [0.717, 1.165) is 0 Å². The monoisotopic (exact) mass is 336 g/mol. The molecule has 0 unspecified atom stereocenters. The van der Waals surface area contributed by atoms with Gasteiger partial charge < -0.3 is 15.0 Å². The highest BCUT2D eigenvalue weighted by molar-refractivity contribution is 9.10. The summed E-state index contributed by atoms with van der Waals surface area (Å²) in [5.74, 6) is 0.140. The van der Waals surface area contributed by atoms with Gasteiger partial charge in [0.2, 0.25) is 0 Å². The molecule has 0 saturated heterocycles. The number of aryl methyl sites for hydroxylation is 1. The number of carbonyl (C=O) groups excluding carboxylic acids is 1. The number of hydrogen-bond acceptors (Lipinski definition) is 3. The Bertz CT molecular complexity index is 710.